The summed E-state index contributed by atoms with van der Waals surface area (Å²) in [5, 5.41) is 8.81. The Morgan fingerprint density at radius 1 is 1.19 bits per heavy atom. The van der Waals surface area contributed by atoms with Crippen molar-refractivity contribution >= 4 is 23.5 Å². The number of aromatic nitrogens is 2. The second-order valence-corrected chi connectivity index (χ2v) is 8.20. The molecule has 166 valence electrons. The molecule has 10 heteroatoms. The molecule has 2 fully saturated rings. The minimum atomic E-state index is -0.608. The lowest BCUT2D eigenvalue weighted by Gasteiger charge is -2.29. The summed E-state index contributed by atoms with van der Waals surface area (Å²) in [6.45, 7) is 2.57. The van der Waals surface area contributed by atoms with E-state index in [1.54, 1.807) is 17.2 Å². The number of rotatable bonds is 6. The molecule has 2 unspecified atom stereocenters. The van der Waals surface area contributed by atoms with Crippen LogP contribution in [0.25, 0.3) is 0 Å². The normalized spacial score (nSPS) is 22.6. The second-order valence-electron chi connectivity index (χ2n) is 8.20. The fourth-order valence-electron chi connectivity index (χ4n) is 4.28. The molecule has 2 saturated heterocycles. The van der Waals surface area contributed by atoms with Gasteiger partial charge in [-0.1, -0.05) is 12.1 Å². The van der Waals surface area contributed by atoms with E-state index in [1.807, 2.05) is 18.2 Å². The van der Waals surface area contributed by atoms with Crippen LogP contribution < -0.4 is 20.7 Å². The van der Waals surface area contributed by atoms with E-state index in [2.05, 4.69) is 25.9 Å². The molecule has 0 saturated carbocycles. The van der Waals surface area contributed by atoms with Crippen molar-refractivity contribution in [3.63, 3.8) is 0 Å². The lowest BCUT2D eigenvalue weighted by atomic mass is 10.0. The molecule has 10 nitrogen and oxygen atoms in total. The first kappa shape index (κ1) is 20.4. The predicted octanol–water partition coefficient (Wildman–Crippen LogP) is 0.590. The van der Waals surface area contributed by atoms with Gasteiger partial charge in [-0.15, -0.1) is 0 Å². The summed E-state index contributed by atoms with van der Waals surface area (Å²) in [4.78, 5) is 46.7. The largest absolute Gasteiger partial charge is 0.459 e. The van der Waals surface area contributed by atoms with Gasteiger partial charge >= 0.3 is 6.01 Å². The van der Waals surface area contributed by atoms with Crippen LogP contribution in [0.1, 0.15) is 40.7 Å². The number of piperidine rings is 1. The number of imide groups is 1. The Morgan fingerprint density at radius 3 is 2.91 bits per heavy atom. The van der Waals surface area contributed by atoms with Gasteiger partial charge in [-0.25, -0.2) is 4.98 Å². The number of hydrogen-bond acceptors (Lipinski definition) is 8. The van der Waals surface area contributed by atoms with Gasteiger partial charge in [0.1, 0.15) is 18.0 Å². The van der Waals surface area contributed by atoms with Crippen molar-refractivity contribution < 1.29 is 19.1 Å². The van der Waals surface area contributed by atoms with Crippen LogP contribution in [0.2, 0.25) is 0 Å². The minimum Gasteiger partial charge on any atom is -0.459 e. The maximum absolute atomic E-state index is 13.0. The van der Waals surface area contributed by atoms with E-state index in [9.17, 15) is 14.4 Å². The van der Waals surface area contributed by atoms with Crippen LogP contribution >= 0.6 is 0 Å². The molecule has 0 aliphatic carbocycles. The third kappa shape index (κ3) is 4.13. The molecule has 32 heavy (non-hydrogen) atoms. The monoisotopic (exact) mass is 436 g/mol. The highest BCUT2D eigenvalue weighted by molar-refractivity contribution is 6.05. The molecule has 3 amide bonds. The molecule has 1 aromatic heterocycles. The SMILES string of the molecule is O=C1CCC(N2Cc3ccc(CNc4ccnc(OC5CCNC5)n4)cc3C2=O)C(=O)N1. The van der Waals surface area contributed by atoms with E-state index < -0.39 is 11.9 Å². The molecule has 5 rings (SSSR count). The van der Waals surface area contributed by atoms with Crippen molar-refractivity contribution in [2.24, 2.45) is 0 Å². The number of carbonyl (C=O) groups is 3. The topological polar surface area (TPSA) is 126 Å². The Labute approximate surface area is 184 Å². The molecule has 1 aromatic carbocycles. The molecule has 3 N–H and O–H groups in total. The van der Waals surface area contributed by atoms with E-state index in [-0.39, 0.29) is 24.3 Å². The third-order valence-electron chi connectivity index (χ3n) is 5.99. The lowest BCUT2D eigenvalue weighted by molar-refractivity contribution is -0.136. The van der Waals surface area contributed by atoms with Gasteiger partial charge in [0.25, 0.3) is 5.91 Å². The second kappa shape index (κ2) is 8.54. The number of benzene rings is 1. The van der Waals surface area contributed by atoms with Crippen molar-refractivity contribution in [2.45, 2.75) is 44.5 Å². The molecule has 2 atom stereocenters. The fourth-order valence-corrected chi connectivity index (χ4v) is 4.28. The van der Waals surface area contributed by atoms with E-state index in [0.29, 0.717) is 36.9 Å². The first-order chi connectivity index (χ1) is 15.6. The third-order valence-corrected chi connectivity index (χ3v) is 5.99. The number of carbonyl (C=O) groups excluding carboxylic acids is 3. The Morgan fingerprint density at radius 2 is 2.09 bits per heavy atom. The molecule has 2 aromatic rings. The van der Waals surface area contributed by atoms with Crippen LogP contribution in [-0.2, 0) is 22.7 Å². The van der Waals surface area contributed by atoms with Gasteiger partial charge in [-0.2, -0.15) is 4.98 Å². The van der Waals surface area contributed by atoms with Crippen LogP contribution in [0.4, 0.5) is 5.82 Å². The Kier molecular flexibility index (Phi) is 5.44. The summed E-state index contributed by atoms with van der Waals surface area (Å²) in [6, 6.07) is 7.21. The maximum atomic E-state index is 13.0. The zero-order valence-electron chi connectivity index (χ0n) is 17.5. The summed E-state index contributed by atoms with van der Waals surface area (Å²) in [7, 11) is 0. The van der Waals surface area contributed by atoms with Crippen molar-refractivity contribution in [1.29, 1.82) is 0 Å². The van der Waals surface area contributed by atoms with E-state index >= 15 is 0 Å². The summed E-state index contributed by atoms with van der Waals surface area (Å²) in [5.41, 5.74) is 2.39. The molecule has 0 radical (unpaired) electrons. The zero-order valence-corrected chi connectivity index (χ0v) is 17.5. The van der Waals surface area contributed by atoms with Crippen molar-refractivity contribution in [3.05, 3.63) is 47.2 Å². The Balaban J connectivity index is 1.23. The fraction of sp³-hybridized carbons (Fsp3) is 0.409. The quantitative estimate of drug-likeness (QED) is 0.562. The van der Waals surface area contributed by atoms with E-state index in [1.165, 1.54) is 0 Å². The van der Waals surface area contributed by atoms with Gasteiger partial charge in [0.05, 0.1) is 0 Å². The van der Waals surface area contributed by atoms with Gasteiger partial charge in [-0.3, -0.25) is 19.7 Å². The van der Waals surface area contributed by atoms with Crippen LogP contribution in [0.3, 0.4) is 0 Å². The number of fused-ring (bicyclic) bond motifs is 1. The van der Waals surface area contributed by atoms with Crippen LogP contribution in [-0.4, -0.2) is 57.8 Å². The maximum Gasteiger partial charge on any atom is 0.318 e. The first-order valence-electron chi connectivity index (χ1n) is 10.8. The minimum absolute atomic E-state index is 0.0836. The molecular formula is C22H24N6O4. The van der Waals surface area contributed by atoms with E-state index in [0.717, 1.165) is 30.6 Å². The summed E-state index contributed by atoms with van der Waals surface area (Å²) < 4.78 is 5.80. The molecule has 3 aliphatic heterocycles. The van der Waals surface area contributed by atoms with E-state index in [4.69, 9.17) is 4.74 Å². The van der Waals surface area contributed by atoms with Crippen LogP contribution in [0, 0.1) is 0 Å². The Hall–Kier alpha value is -3.53. The lowest BCUT2D eigenvalue weighted by Crippen LogP contribution is -2.52. The van der Waals surface area contributed by atoms with Gasteiger partial charge in [-0.05, 0) is 42.6 Å². The molecule has 0 spiro atoms. The molecular weight excluding hydrogens is 412 g/mol. The predicted molar refractivity (Wildman–Crippen MR) is 114 cm³/mol. The number of anilines is 1. The first-order valence-corrected chi connectivity index (χ1v) is 10.8. The number of hydrogen-bond donors (Lipinski definition) is 3. The standard InChI is InChI=1S/C22H24N6O4/c29-19-4-3-17(20(30)27-19)28-12-14-2-1-13(9-16(14)21(28)31)10-25-18-6-8-24-22(26-18)32-15-5-7-23-11-15/h1-2,6,8-9,15,17,23H,3-5,7,10-12H2,(H,24,25,26)(H,27,29,30). The zero-order chi connectivity index (χ0) is 22.1. The summed E-state index contributed by atoms with van der Waals surface area (Å²) >= 11 is 0. The van der Waals surface area contributed by atoms with Crippen LogP contribution in [0.5, 0.6) is 6.01 Å². The van der Waals surface area contributed by atoms with Crippen molar-refractivity contribution in [2.75, 3.05) is 18.4 Å². The van der Waals surface area contributed by atoms with Gasteiger partial charge < -0.3 is 20.3 Å². The average molecular weight is 436 g/mol. The van der Waals surface area contributed by atoms with Crippen molar-refractivity contribution in [1.82, 2.24) is 25.5 Å². The summed E-state index contributed by atoms with van der Waals surface area (Å²) in [5.74, 6) is -0.237. The number of nitrogens with zero attached hydrogens (tertiary/aromatic N) is 3. The van der Waals surface area contributed by atoms with Gasteiger partial charge in [0.15, 0.2) is 0 Å². The molecule has 3 aliphatic rings. The number of ether oxygens (including phenoxy) is 1. The summed E-state index contributed by atoms with van der Waals surface area (Å²) in [6.07, 6.45) is 3.26. The highest BCUT2D eigenvalue weighted by Gasteiger charge is 2.39. The van der Waals surface area contributed by atoms with Crippen LogP contribution in [0.15, 0.2) is 30.5 Å². The highest BCUT2D eigenvalue weighted by Crippen LogP contribution is 2.28. The smallest absolute Gasteiger partial charge is 0.318 e. The average Bonchev–Trinajstić information content (AvgIpc) is 3.41. The Bertz CT molecular complexity index is 1070. The van der Waals surface area contributed by atoms with Gasteiger partial charge in [0, 0.05) is 37.8 Å². The highest BCUT2D eigenvalue weighted by atomic mass is 16.5. The number of nitrogens with one attached hydrogen (secondary N) is 3. The molecule has 4 heterocycles. The number of amides is 3. The van der Waals surface area contributed by atoms with Gasteiger partial charge in [0.2, 0.25) is 11.8 Å². The molecule has 0 bridgehead atoms. The van der Waals surface area contributed by atoms with Crippen molar-refractivity contribution in [3.8, 4) is 6.01 Å².